The van der Waals surface area contributed by atoms with E-state index < -0.39 is 12.0 Å². The fourth-order valence-electron chi connectivity index (χ4n) is 4.23. The van der Waals surface area contributed by atoms with Gasteiger partial charge in [0, 0.05) is 0 Å². The van der Waals surface area contributed by atoms with E-state index in [0.717, 1.165) is 0 Å². The summed E-state index contributed by atoms with van der Waals surface area (Å²) in [5.74, 6) is 1.47. The summed E-state index contributed by atoms with van der Waals surface area (Å²) in [6.07, 6.45) is 3.22. The van der Waals surface area contributed by atoms with Gasteiger partial charge in [-0.25, -0.2) is 9.79 Å². The molecule has 2 heterocycles. The second-order valence-electron chi connectivity index (χ2n) is 8.20. The van der Waals surface area contributed by atoms with Gasteiger partial charge in [-0.05, 0) is 48.4 Å². The Morgan fingerprint density at radius 2 is 1.71 bits per heavy atom. The summed E-state index contributed by atoms with van der Waals surface area (Å²) in [6, 6.07) is 9.97. The van der Waals surface area contributed by atoms with E-state index >= 15 is 0 Å². The summed E-state index contributed by atoms with van der Waals surface area (Å²) in [7, 11) is 6.15. The maximum atomic E-state index is 13.8. The maximum Gasteiger partial charge on any atom is 0.338 e. The first-order valence-electron chi connectivity index (χ1n) is 11.6. The fourth-order valence-corrected chi connectivity index (χ4v) is 5.28. The Bertz CT molecular complexity index is 1560. The second kappa shape index (κ2) is 11.4. The molecule has 0 radical (unpaired) electrons. The molecule has 0 fully saturated rings. The van der Waals surface area contributed by atoms with Gasteiger partial charge in [-0.15, -0.1) is 0 Å². The van der Waals surface area contributed by atoms with E-state index in [1.165, 1.54) is 43.3 Å². The summed E-state index contributed by atoms with van der Waals surface area (Å²) in [6.45, 7) is 5.38. The third-order valence-corrected chi connectivity index (χ3v) is 6.97. The van der Waals surface area contributed by atoms with Gasteiger partial charge in [0.1, 0.15) is 12.4 Å². The number of thiazole rings is 1. The number of rotatable bonds is 9. The number of benzene rings is 2. The highest BCUT2D eigenvalue weighted by molar-refractivity contribution is 7.07. The van der Waals surface area contributed by atoms with Crippen LogP contribution in [0.4, 0.5) is 0 Å². The van der Waals surface area contributed by atoms with Crippen molar-refractivity contribution in [2.24, 2.45) is 4.99 Å². The van der Waals surface area contributed by atoms with E-state index in [1.807, 2.05) is 12.1 Å². The van der Waals surface area contributed by atoms with E-state index in [2.05, 4.69) is 11.6 Å². The van der Waals surface area contributed by atoms with Crippen molar-refractivity contribution < 1.29 is 28.5 Å². The van der Waals surface area contributed by atoms with E-state index in [-0.39, 0.29) is 17.7 Å². The molecule has 0 bridgehead atoms. The SMILES string of the molecule is C=CCOC(=O)C1=C(C)N=c2s/c(=C\c3cc(OC)c(OC)c(OC)c3)c(=O)n2C1c1ccc(OC)cc1. The average Bonchev–Trinajstić information content (AvgIpc) is 3.24. The number of nitrogens with zero attached hydrogens (tertiary/aromatic N) is 2. The van der Waals surface area contributed by atoms with Gasteiger partial charge in [0.05, 0.1) is 50.3 Å². The number of methoxy groups -OCH3 is 4. The summed E-state index contributed by atoms with van der Waals surface area (Å²) < 4.78 is 28.9. The van der Waals surface area contributed by atoms with Crippen LogP contribution in [0.3, 0.4) is 0 Å². The summed E-state index contributed by atoms with van der Waals surface area (Å²) in [5.41, 5.74) is 1.84. The molecule has 0 saturated heterocycles. The second-order valence-corrected chi connectivity index (χ2v) is 9.21. The van der Waals surface area contributed by atoms with E-state index in [9.17, 15) is 9.59 Å². The molecule has 1 aliphatic heterocycles. The zero-order valence-corrected chi connectivity index (χ0v) is 22.6. The highest BCUT2D eigenvalue weighted by Gasteiger charge is 2.33. The third kappa shape index (κ3) is 4.95. The van der Waals surface area contributed by atoms with E-state index in [0.29, 0.717) is 49.2 Å². The van der Waals surface area contributed by atoms with Crippen molar-refractivity contribution >= 4 is 23.4 Å². The van der Waals surface area contributed by atoms with Crippen molar-refractivity contribution in [1.29, 1.82) is 0 Å². The minimum Gasteiger partial charge on any atom is -0.497 e. The van der Waals surface area contributed by atoms with E-state index in [1.54, 1.807) is 44.4 Å². The smallest absolute Gasteiger partial charge is 0.338 e. The van der Waals surface area contributed by atoms with Crippen LogP contribution in [0.1, 0.15) is 24.1 Å². The molecule has 2 aromatic carbocycles. The topological polar surface area (TPSA) is 97.6 Å². The lowest BCUT2D eigenvalue weighted by Crippen LogP contribution is -2.39. The molecule has 3 aromatic rings. The fraction of sp³-hybridized carbons (Fsp3) is 0.250. The molecular formula is C28H28N2O7S. The standard InChI is InChI=1S/C28H28N2O7S/c1-7-12-37-27(32)23-16(2)29-28-30(24(23)18-8-10-19(33-3)11-9-18)26(31)22(38-28)15-17-13-20(34-4)25(36-6)21(14-17)35-5/h7-11,13-15,24H,1,12H2,2-6H3/b22-15-. The van der Waals surface area contributed by atoms with Gasteiger partial charge in [-0.2, -0.15) is 0 Å². The van der Waals surface area contributed by atoms with Gasteiger partial charge in [0.15, 0.2) is 16.3 Å². The first-order valence-corrected chi connectivity index (χ1v) is 12.4. The third-order valence-electron chi connectivity index (χ3n) is 5.99. The molecule has 1 unspecified atom stereocenters. The van der Waals surface area contributed by atoms with Crippen LogP contribution in [-0.2, 0) is 9.53 Å². The monoisotopic (exact) mass is 536 g/mol. The Balaban J connectivity index is 1.93. The average molecular weight is 537 g/mol. The Labute approximate surface area is 223 Å². The molecule has 0 spiro atoms. The lowest BCUT2D eigenvalue weighted by Gasteiger charge is -2.24. The number of hydrogen-bond donors (Lipinski definition) is 0. The predicted molar refractivity (Wildman–Crippen MR) is 144 cm³/mol. The number of ether oxygens (including phenoxy) is 5. The van der Waals surface area contributed by atoms with Crippen LogP contribution in [0.25, 0.3) is 6.08 Å². The Morgan fingerprint density at radius 1 is 1.05 bits per heavy atom. The molecule has 9 nitrogen and oxygen atoms in total. The molecule has 1 aliphatic rings. The molecule has 0 aliphatic carbocycles. The van der Waals surface area contributed by atoms with Crippen LogP contribution in [0.15, 0.2) is 70.1 Å². The number of carbonyl (C=O) groups excluding carboxylic acids is 1. The van der Waals surface area contributed by atoms with Crippen LogP contribution in [0.2, 0.25) is 0 Å². The zero-order chi connectivity index (χ0) is 27.4. The molecule has 10 heteroatoms. The molecule has 4 rings (SSSR count). The number of aromatic nitrogens is 1. The lowest BCUT2D eigenvalue weighted by atomic mass is 9.96. The molecule has 38 heavy (non-hydrogen) atoms. The summed E-state index contributed by atoms with van der Waals surface area (Å²) in [4.78, 5) is 32.0. The van der Waals surface area contributed by atoms with Gasteiger partial charge >= 0.3 is 5.97 Å². The molecule has 198 valence electrons. The van der Waals surface area contributed by atoms with Gasteiger partial charge in [0.2, 0.25) is 5.75 Å². The number of fused-ring (bicyclic) bond motifs is 1. The van der Waals surface area contributed by atoms with Crippen molar-refractivity contribution in [3.05, 3.63) is 91.1 Å². The first kappa shape index (κ1) is 26.7. The largest absolute Gasteiger partial charge is 0.497 e. The first-order chi connectivity index (χ1) is 18.4. The van der Waals surface area contributed by atoms with Crippen LogP contribution >= 0.6 is 11.3 Å². The van der Waals surface area contributed by atoms with Gasteiger partial charge in [-0.3, -0.25) is 9.36 Å². The lowest BCUT2D eigenvalue weighted by molar-refractivity contribution is -0.138. The number of allylic oxidation sites excluding steroid dienone is 1. The summed E-state index contributed by atoms with van der Waals surface area (Å²) in [5, 5.41) is 0. The summed E-state index contributed by atoms with van der Waals surface area (Å²) >= 11 is 1.22. The van der Waals surface area contributed by atoms with Crippen LogP contribution in [0, 0.1) is 0 Å². The van der Waals surface area contributed by atoms with Crippen molar-refractivity contribution in [2.45, 2.75) is 13.0 Å². The highest BCUT2D eigenvalue weighted by Crippen LogP contribution is 2.38. The quantitative estimate of drug-likeness (QED) is 0.306. The van der Waals surface area contributed by atoms with Crippen LogP contribution < -0.4 is 33.8 Å². The number of hydrogen-bond acceptors (Lipinski definition) is 9. The molecule has 0 amide bonds. The number of esters is 1. The van der Waals surface area contributed by atoms with Crippen molar-refractivity contribution in [2.75, 3.05) is 35.0 Å². The Morgan fingerprint density at radius 3 is 2.26 bits per heavy atom. The molecule has 1 atom stereocenters. The van der Waals surface area contributed by atoms with Crippen molar-refractivity contribution in [1.82, 2.24) is 4.57 Å². The van der Waals surface area contributed by atoms with Crippen molar-refractivity contribution in [3.8, 4) is 23.0 Å². The Kier molecular flexibility index (Phi) is 8.02. The van der Waals surface area contributed by atoms with Gasteiger partial charge in [-0.1, -0.05) is 36.1 Å². The van der Waals surface area contributed by atoms with Gasteiger partial charge in [0.25, 0.3) is 5.56 Å². The van der Waals surface area contributed by atoms with Crippen LogP contribution in [0.5, 0.6) is 23.0 Å². The van der Waals surface area contributed by atoms with Crippen LogP contribution in [-0.4, -0.2) is 45.6 Å². The molecular weight excluding hydrogens is 508 g/mol. The van der Waals surface area contributed by atoms with Crippen molar-refractivity contribution in [3.63, 3.8) is 0 Å². The van der Waals surface area contributed by atoms with E-state index in [4.69, 9.17) is 23.7 Å². The zero-order valence-electron chi connectivity index (χ0n) is 21.8. The minimum absolute atomic E-state index is 0.0382. The maximum absolute atomic E-state index is 13.8. The Hall–Kier alpha value is -4.31. The normalized spacial score (nSPS) is 14.9. The minimum atomic E-state index is -0.739. The molecule has 0 N–H and O–H groups in total. The predicted octanol–water partition coefficient (Wildman–Crippen LogP) is 3.00. The number of carbonyl (C=O) groups is 1. The van der Waals surface area contributed by atoms with Gasteiger partial charge < -0.3 is 23.7 Å². The molecule has 1 aromatic heterocycles. The molecule has 0 saturated carbocycles. The highest BCUT2D eigenvalue weighted by atomic mass is 32.1.